The molecular formula is C25H34N6O3. The summed E-state index contributed by atoms with van der Waals surface area (Å²) >= 11 is 0. The molecule has 0 saturated carbocycles. The Kier molecular flexibility index (Phi) is 6.90. The summed E-state index contributed by atoms with van der Waals surface area (Å²) in [6.45, 7) is 13.2. The number of para-hydroxylation sites is 1. The minimum absolute atomic E-state index is 0.0632. The number of carbonyl (C=O) groups excluding carboxylic acids is 2. The Morgan fingerprint density at radius 3 is 2.47 bits per heavy atom. The maximum atomic E-state index is 13.2. The lowest BCUT2D eigenvalue weighted by atomic mass is 10.1. The molecule has 2 aliphatic rings. The van der Waals surface area contributed by atoms with E-state index in [0.29, 0.717) is 56.8 Å². The van der Waals surface area contributed by atoms with Crippen molar-refractivity contribution in [1.29, 1.82) is 0 Å². The first kappa shape index (κ1) is 23.8. The van der Waals surface area contributed by atoms with Crippen molar-refractivity contribution >= 4 is 23.6 Å². The number of amides is 2. The fourth-order valence-corrected chi connectivity index (χ4v) is 4.48. The first-order chi connectivity index (χ1) is 16.3. The molecule has 0 spiro atoms. The Bertz CT molecular complexity index is 1060. The van der Waals surface area contributed by atoms with Crippen molar-refractivity contribution in [1.82, 2.24) is 19.8 Å². The van der Waals surface area contributed by atoms with Gasteiger partial charge in [-0.05, 0) is 33.8 Å². The van der Waals surface area contributed by atoms with Gasteiger partial charge in [-0.2, -0.15) is 4.98 Å². The van der Waals surface area contributed by atoms with Crippen molar-refractivity contribution in [2.45, 2.75) is 53.2 Å². The van der Waals surface area contributed by atoms with Gasteiger partial charge in [-0.25, -0.2) is 4.98 Å². The van der Waals surface area contributed by atoms with Crippen molar-refractivity contribution in [3.05, 3.63) is 41.1 Å². The van der Waals surface area contributed by atoms with E-state index in [9.17, 15) is 9.59 Å². The van der Waals surface area contributed by atoms with Crippen LogP contribution >= 0.6 is 0 Å². The van der Waals surface area contributed by atoms with E-state index >= 15 is 0 Å². The zero-order valence-electron chi connectivity index (χ0n) is 20.7. The highest BCUT2D eigenvalue weighted by Crippen LogP contribution is 2.34. The Balaban J connectivity index is 1.67. The van der Waals surface area contributed by atoms with Crippen molar-refractivity contribution in [2.24, 2.45) is 0 Å². The van der Waals surface area contributed by atoms with E-state index in [4.69, 9.17) is 14.7 Å². The van der Waals surface area contributed by atoms with E-state index in [0.717, 1.165) is 16.9 Å². The molecule has 2 aromatic rings. The van der Waals surface area contributed by atoms with E-state index in [-0.39, 0.29) is 23.9 Å². The van der Waals surface area contributed by atoms with E-state index in [1.54, 1.807) is 6.92 Å². The summed E-state index contributed by atoms with van der Waals surface area (Å²) in [6, 6.07) is 7.93. The summed E-state index contributed by atoms with van der Waals surface area (Å²) in [7, 11) is 0. The third-order valence-electron chi connectivity index (χ3n) is 6.46. The zero-order valence-corrected chi connectivity index (χ0v) is 20.7. The number of rotatable bonds is 7. The second-order valence-electron chi connectivity index (χ2n) is 9.06. The van der Waals surface area contributed by atoms with Gasteiger partial charge in [0.05, 0.1) is 19.2 Å². The van der Waals surface area contributed by atoms with Gasteiger partial charge < -0.3 is 24.8 Å². The highest BCUT2D eigenvalue weighted by atomic mass is 16.5. The number of anilines is 2. The molecule has 9 heteroatoms. The summed E-state index contributed by atoms with van der Waals surface area (Å²) in [5, 5.41) is 3.54. The van der Waals surface area contributed by atoms with E-state index in [1.165, 1.54) is 0 Å². The Labute approximate surface area is 201 Å². The topological polar surface area (TPSA) is 90.9 Å². The lowest BCUT2D eigenvalue weighted by Gasteiger charge is -2.34. The average molecular weight is 467 g/mol. The quantitative estimate of drug-likeness (QED) is 0.671. The smallest absolute Gasteiger partial charge is 0.273 e. The number of nitrogens with zero attached hydrogens (tertiary/aromatic N) is 5. The van der Waals surface area contributed by atoms with Gasteiger partial charge in [0, 0.05) is 50.3 Å². The molecule has 4 rings (SSSR count). The summed E-state index contributed by atoms with van der Waals surface area (Å²) in [5.74, 6) is 2.03. The van der Waals surface area contributed by atoms with Gasteiger partial charge in [0.2, 0.25) is 11.9 Å². The highest BCUT2D eigenvalue weighted by molar-refractivity contribution is 5.98. The third-order valence-corrected chi connectivity index (χ3v) is 6.46. The molecule has 1 saturated heterocycles. The van der Waals surface area contributed by atoms with Gasteiger partial charge in [0.15, 0.2) is 0 Å². The Morgan fingerprint density at radius 2 is 1.82 bits per heavy atom. The first-order valence-electron chi connectivity index (χ1n) is 12.0. The molecule has 9 nitrogen and oxygen atoms in total. The molecule has 1 atom stereocenters. The highest BCUT2D eigenvalue weighted by Gasteiger charge is 2.35. The summed E-state index contributed by atoms with van der Waals surface area (Å²) in [4.78, 5) is 40.2. The Morgan fingerprint density at radius 1 is 1.12 bits per heavy atom. The predicted molar refractivity (Wildman–Crippen MR) is 131 cm³/mol. The molecule has 34 heavy (non-hydrogen) atoms. The molecular weight excluding hydrogens is 432 g/mol. The van der Waals surface area contributed by atoms with Gasteiger partial charge in [0.25, 0.3) is 5.91 Å². The number of fused-ring (bicyclic) bond motifs is 1. The minimum Gasteiger partial charge on any atom is -0.494 e. The number of benzene rings is 1. The van der Waals surface area contributed by atoms with Crippen molar-refractivity contribution in [3.8, 4) is 5.75 Å². The monoisotopic (exact) mass is 466 g/mol. The molecule has 1 fully saturated rings. The zero-order chi connectivity index (χ0) is 24.4. The lowest BCUT2D eigenvalue weighted by molar-refractivity contribution is -0.129. The van der Waals surface area contributed by atoms with Gasteiger partial charge >= 0.3 is 0 Å². The Hall–Kier alpha value is -3.36. The van der Waals surface area contributed by atoms with E-state index in [2.05, 4.69) is 17.1 Å². The second-order valence-corrected chi connectivity index (χ2v) is 9.06. The van der Waals surface area contributed by atoms with Crippen LogP contribution in [0, 0.1) is 0 Å². The van der Waals surface area contributed by atoms with Gasteiger partial charge in [-0.3, -0.25) is 9.59 Å². The van der Waals surface area contributed by atoms with Crippen LogP contribution in [0.25, 0.3) is 0 Å². The predicted octanol–water partition coefficient (Wildman–Crippen LogP) is 3.08. The average Bonchev–Trinajstić information content (AvgIpc) is 3.16. The van der Waals surface area contributed by atoms with Crippen molar-refractivity contribution in [3.63, 3.8) is 0 Å². The van der Waals surface area contributed by atoms with Gasteiger partial charge in [-0.1, -0.05) is 18.2 Å². The molecule has 1 aromatic carbocycles. The number of hydrogen-bond acceptors (Lipinski definition) is 7. The van der Waals surface area contributed by atoms with Crippen LogP contribution in [0.2, 0.25) is 0 Å². The second kappa shape index (κ2) is 9.87. The molecule has 1 N–H and O–H groups in total. The van der Waals surface area contributed by atoms with Crippen LogP contribution < -0.4 is 15.0 Å². The molecule has 182 valence electrons. The van der Waals surface area contributed by atoms with Crippen LogP contribution in [0.5, 0.6) is 5.75 Å². The standard InChI is InChI=1S/C25H34N6O3/c1-6-34-21-10-8-7-9-19(21)17(4)26-23-20-15-31(16(2)3)24(33)22(20)27-25(28-23)30-13-11-29(12-14-30)18(5)32/h7-10,16-17H,6,11-15H2,1-5H3,(H,26,27,28). The molecule has 0 aliphatic carbocycles. The SMILES string of the molecule is CCOc1ccccc1C(C)Nc1nc(N2CCN(C(C)=O)CC2)nc2c1CN(C(C)C)C2=O. The van der Waals surface area contributed by atoms with E-state index in [1.807, 2.05) is 54.8 Å². The third kappa shape index (κ3) is 4.64. The molecule has 3 heterocycles. The number of piperazine rings is 1. The van der Waals surface area contributed by atoms with Crippen molar-refractivity contribution < 1.29 is 14.3 Å². The van der Waals surface area contributed by atoms with Crippen LogP contribution in [0.15, 0.2) is 24.3 Å². The molecule has 2 aliphatic heterocycles. The summed E-state index contributed by atoms with van der Waals surface area (Å²) in [5.41, 5.74) is 2.31. The lowest BCUT2D eigenvalue weighted by Crippen LogP contribution is -2.48. The van der Waals surface area contributed by atoms with Crippen LogP contribution in [0.1, 0.15) is 62.3 Å². The molecule has 2 amide bonds. The van der Waals surface area contributed by atoms with Crippen LogP contribution in [-0.4, -0.2) is 70.4 Å². The number of nitrogens with one attached hydrogen (secondary N) is 1. The fourth-order valence-electron chi connectivity index (χ4n) is 4.48. The van der Waals surface area contributed by atoms with Crippen molar-refractivity contribution in [2.75, 3.05) is 43.0 Å². The summed E-state index contributed by atoms with van der Waals surface area (Å²) in [6.07, 6.45) is 0. The molecule has 0 bridgehead atoms. The molecule has 0 radical (unpaired) electrons. The van der Waals surface area contributed by atoms with Crippen LogP contribution in [-0.2, 0) is 11.3 Å². The number of ether oxygens (including phenoxy) is 1. The normalized spacial score (nSPS) is 16.6. The molecule has 1 aromatic heterocycles. The number of hydrogen-bond donors (Lipinski definition) is 1. The maximum absolute atomic E-state index is 13.2. The fraction of sp³-hybridized carbons (Fsp3) is 0.520. The largest absolute Gasteiger partial charge is 0.494 e. The van der Waals surface area contributed by atoms with Crippen LogP contribution in [0.3, 0.4) is 0 Å². The number of carbonyl (C=O) groups is 2. The molecule has 1 unspecified atom stereocenters. The van der Waals surface area contributed by atoms with Gasteiger partial charge in [0.1, 0.15) is 17.3 Å². The van der Waals surface area contributed by atoms with Crippen LogP contribution in [0.4, 0.5) is 11.8 Å². The van der Waals surface area contributed by atoms with Gasteiger partial charge in [-0.15, -0.1) is 0 Å². The number of aromatic nitrogens is 2. The van der Waals surface area contributed by atoms with E-state index < -0.39 is 0 Å². The summed E-state index contributed by atoms with van der Waals surface area (Å²) < 4.78 is 5.83. The first-order valence-corrected chi connectivity index (χ1v) is 12.0. The maximum Gasteiger partial charge on any atom is 0.273 e. The minimum atomic E-state index is -0.0904.